The maximum absolute atomic E-state index is 12.0. The zero-order chi connectivity index (χ0) is 12.6. The third-order valence-corrected chi connectivity index (χ3v) is 2.93. The fourth-order valence-corrected chi connectivity index (χ4v) is 1.69. The zero-order valence-corrected chi connectivity index (χ0v) is 11.0. The van der Waals surface area contributed by atoms with Gasteiger partial charge in [-0.25, -0.2) is 0 Å². The summed E-state index contributed by atoms with van der Waals surface area (Å²) in [6.07, 6.45) is 2.49. The van der Waals surface area contributed by atoms with Crippen molar-refractivity contribution in [1.82, 2.24) is 4.90 Å². The molecular formula is C12H26N2O2. The van der Waals surface area contributed by atoms with E-state index >= 15 is 0 Å². The van der Waals surface area contributed by atoms with Crippen LogP contribution in [0.2, 0.25) is 0 Å². The van der Waals surface area contributed by atoms with Crippen LogP contribution in [0.15, 0.2) is 0 Å². The van der Waals surface area contributed by atoms with Crippen LogP contribution in [0.3, 0.4) is 0 Å². The van der Waals surface area contributed by atoms with Gasteiger partial charge in [0.25, 0.3) is 0 Å². The summed E-state index contributed by atoms with van der Waals surface area (Å²) in [4.78, 5) is 13.9. The lowest BCUT2D eigenvalue weighted by atomic mass is 10.1. The van der Waals surface area contributed by atoms with Crippen molar-refractivity contribution in [2.75, 3.05) is 20.3 Å². The van der Waals surface area contributed by atoms with Crippen LogP contribution in [-0.4, -0.2) is 43.2 Å². The monoisotopic (exact) mass is 230 g/mol. The number of nitrogens with zero attached hydrogens (tertiary/aromatic N) is 1. The molecule has 1 amide bonds. The third kappa shape index (κ3) is 4.94. The van der Waals surface area contributed by atoms with Crippen LogP contribution >= 0.6 is 0 Å². The Bertz CT molecular complexity index is 197. The van der Waals surface area contributed by atoms with Crippen molar-refractivity contribution < 1.29 is 9.53 Å². The second-order valence-electron chi connectivity index (χ2n) is 4.12. The first kappa shape index (κ1) is 15.4. The average molecular weight is 230 g/mol. The molecule has 2 N–H and O–H groups in total. The molecule has 2 unspecified atom stereocenters. The Balaban J connectivity index is 4.16. The maximum Gasteiger partial charge on any atom is 0.239 e. The number of hydrogen-bond acceptors (Lipinski definition) is 3. The summed E-state index contributed by atoms with van der Waals surface area (Å²) in [5, 5.41) is 0. The molecule has 0 aliphatic rings. The van der Waals surface area contributed by atoms with Gasteiger partial charge in [-0.2, -0.15) is 0 Å². The molecule has 0 radical (unpaired) electrons. The molecule has 2 atom stereocenters. The van der Waals surface area contributed by atoms with E-state index in [-0.39, 0.29) is 18.0 Å². The van der Waals surface area contributed by atoms with E-state index < -0.39 is 0 Å². The highest BCUT2D eigenvalue weighted by atomic mass is 16.5. The molecule has 0 aromatic heterocycles. The highest BCUT2D eigenvalue weighted by Gasteiger charge is 2.22. The molecule has 0 saturated carbocycles. The lowest BCUT2D eigenvalue weighted by molar-refractivity contribution is -0.134. The van der Waals surface area contributed by atoms with E-state index in [1.165, 1.54) is 0 Å². The van der Waals surface area contributed by atoms with Crippen molar-refractivity contribution in [3.63, 3.8) is 0 Å². The number of rotatable bonds is 8. The summed E-state index contributed by atoms with van der Waals surface area (Å²) in [7, 11) is 1.66. The fourth-order valence-electron chi connectivity index (χ4n) is 1.69. The molecule has 0 aromatic carbocycles. The van der Waals surface area contributed by atoms with Crippen LogP contribution in [0.5, 0.6) is 0 Å². The van der Waals surface area contributed by atoms with Crippen molar-refractivity contribution in [3.05, 3.63) is 0 Å². The molecule has 0 aliphatic carbocycles. The van der Waals surface area contributed by atoms with Gasteiger partial charge in [0.2, 0.25) is 5.91 Å². The van der Waals surface area contributed by atoms with E-state index in [0.717, 1.165) is 19.4 Å². The van der Waals surface area contributed by atoms with Crippen molar-refractivity contribution in [1.29, 1.82) is 0 Å². The fraction of sp³-hybridized carbons (Fsp3) is 0.917. The van der Waals surface area contributed by atoms with Crippen LogP contribution in [0.4, 0.5) is 0 Å². The highest BCUT2D eigenvalue weighted by Crippen LogP contribution is 2.07. The van der Waals surface area contributed by atoms with Crippen LogP contribution in [0.1, 0.15) is 40.0 Å². The molecule has 4 nitrogen and oxygen atoms in total. The van der Waals surface area contributed by atoms with Crippen molar-refractivity contribution >= 4 is 5.91 Å². The lowest BCUT2D eigenvalue weighted by Crippen LogP contribution is -2.47. The van der Waals surface area contributed by atoms with E-state index in [0.29, 0.717) is 13.0 Å². The second kappa shape index (κ2) is 8.53. The first-order valence-electron chi connectivity index (χ1n) is 6.13. The minimum atomic E-state index is -0.385. The summed E-state index contributed by atoms with van der Waals surface area (Å²) < 4.78 is 4.95. The van der Waals surface area contributed by atoms with Gasteiger partial charge in [-0.15, -0.1) is 0 Å². The Labute approximate surface area is 99.1 Å². The van der Waals surface area contributed by atoms with E-state index in [4.69, 9.17) is 10.5 Å². The Morgan fingerprint density at radius 1 is 1.44 bits per heavy atom. The van der Waals surface area contributed by atoms with E-state index in [1.807, 2.05) is 11.8 Å². The van der Waals surface area contributed by atoms with Crippen LogP contribution < -0.4 is 5.73 Å². The number of nitrogens with two attached hydrogens (primary N) is 1. The second-order valence-corrected chi connectivity index (χ2v) is 4.12. The van der Waals surface area contributed by atoms with Gasteiger partial charge >= 0.3 is 0 Å². The number of amides is 1. The number of methoxy groups -OCH3 is 1. The molecule has 0 rings (SSSR count). The lowest BCUT2D eigenvalue weighted by Gasteiger charge is -2.29. The number of likely N-dealkylation sites (N-methyl/N-ethyl adjacent to an activating group) is 1. The third-order valence-electron chi connectivity index (χ3n) is 2.93. The van der Waals surface area contributed by atoms with Crippen molar-refractivity contribution in [2.24, 2.45) is 5.73 Å². The quantitative estimate of drug-likeness (QED) is 0.641. The van der Waals surface area contributed by atoms with Crippen molar-refractivity contribution in [3.8, 4) is 0 Å². The predicted molar refractivity (Wildman–Crippen MR) is 66.2 cm³/mol. The largest absolute Gasteiger partial charge is 0.385 e. The van der Waals surface area contributed by atoms with Crippen LogP contribution in [0.25, 0.3) is 0 Å². The number of carbonyl (C=O) groups excluding carboxylic acids is 1. The summed E-state index contributed by atoms with van der Waals surface area (Å²) >= 11 is 0. The van der Waals surface area contributed by atoms with Crippen LogP contribution in [-0.2, 0) is 9.53 Å². The normalized spacial score (nSPS) is 14.6. The first-order valence-corrected chi connectivity index (χ1v) is 6.13. The highest BCUT2D eigenvalue weighted by molar-refractivity contribution is 5.81. The average Bonchev–Trinajstić information content (AvgIpc) is 2.29. The molecule has 0 aromatic rings. The number of ether oxygens (including phenoxy) is 1. The van der Waals surface area contributed by atoms with Gasteiger partial charge in [0.05, 0.1) is 6.04 Å². The molecule has 4 heteroatoms. The van der Waals surface area contributed by atoms with E-state index in [9.17, 15) is 4.79 Å². The predicted octanol–water partition coefficient (Wildman–Crippen LogP) is 1.39. The van der Waals surface area contributed by atoms with Crippen LogP contribution in [0, 0.1) is 0 Å². The zero-order valence-electron chi connectivity index (χ0n) is 11.0. The molecular weight excluding hydrogens is 204 g/mol. The minimum Gasteiger partial charge on any atom is -0.385 e. The molecule has 0 fully saturated rings. The Morgan fingerprint density at radius 2 is 2.06 bits per heavy atom. The number of carbonyl (C=O) groups is 1. The minimum absolute atomic E-state index is 0.0629. The topological polar surface area (TPSA) is 55.6 Å². The van der Waals surface area contributed by atoms with Gasteiger partial charge in [0.15, 0.2) is 0 Å². The molecule has 16 heavy (non-hydrogen) atoms. The van der Waals surface area contributed by atoms with Gasteiger partial charge in [-0.3, -0.25) is 4.79 Å². The van der Waals surface area contributed by atoms with Crippen molar-refractivity contribution in [2.45, 2.75) is 52.1 Å². The van der Waals surface area contributed by atoms with Gasteiger partial charge in [-0.05, 0) is 33.1 Å². The summed E-state index contributed by atoms with van der Waals surface area (Å²) in [5.74, 6) is 0.0629. The smallest absolute Gasteiger partial charge is 0.239 e. The van der Waals surface area contributed by atoms with Gasteiger partial charge < -0.3 is 15.4 Å². The van der Waals surface area contributed by atoms with Gasteiger partial charge in [-0.1, -0.05) is 6.92 Å². The molecule has 96 valence electrons. The number of hydrogen-bond donors (Lipinski definition) is 1. The Morgan fingerprint density at radius 3 is 2.50 bits per heavy atom. The molecule has 0 saturated heterocycles. The van der Waals surface area contributed by atoms with Gasteiger partial charge in [0.1, 0.15) is 0 Å². The molecule has 0 aliphatic heterocycles. The molecule has 0 spiro atoms. The maximum atomic E-state index is 12.0. The van der Waals surface area contributed by atoms with Gasteiger partial charge in [0, 0.05) is 26.3 Å². The SMILES string of the molecule is CCC(C)N(CC)C(=O)C(N)CCCOC. The standard InChI is InChI=1S/C12H26N2O2/c1-5-10(3)14(6-2)12(15)11(13)8-7-9-16-4/h10-11H,5-9,13H2,1-4H3. The summed E-state index contributed by atoms with van der Waals surface area (Å²) in [6, 6.07) is -0.116. The Kier molecular flexibility index (Phi) is 8.21. The first-order chi connectivity index (χ1) is 7.58. The Hall–Kier alpha value is -0.610. The summed E-state index contributed by atoms with van der Waals surface area (Å²) in [6.45, 7) is 7.52. The molecule has 0 heterocycles. The molecule has 0 bridgehead atoms. The summed E-state index contributed by atoms with van der Waals surface area (Å²) in [5.41, 5.74) is 5.88. The van der Waals surface area contributed by atoms with E-state index in [1.54, 1.807) is 7.11 Å². The van der Waals surface area contributed by atoms with E-state index in [2.05, 4.69) is 13.8 Å².